The van der Waals surface area contributed by atoms with Crippen LogP contribution in [0.1, 0.15) is 56.3 Å². The smallest absolute Gasteiger partial charge is 0.312 e. The van der Waals surface area contributed by atoms with Crippen molar-refractivity contribution >= 4 is 11.2 Å². The van der Waals surface area contributed by atoms with Crippen molar-refractivity contribution in [2.45, 2.75) is 56.7 Å². The van der Waals surface area contributed by atoms with E-state index < -0.39 is 17.9 Å². The molecule has 2 aromatic heterocycles. The predicted octanol–water partition coefficient (Wildman–Crippen LogP) is 4.89. The van der Waals surface area contributed by atoms with Gasteiger partial charge in [0, 0.05) is 12.0 Å². The summed E-state index contributed by atoms with van der Waals surface area (Å²) in [6.45, 7) is 0. The van der Waals surface area contributed by atoms with E-state index in [-0.39, 0.29) is 35.9 Å². The molecular formula is C21H20F4N4O. The Morgan fingerprint density at radius 2 is 1.63 bits per heavy atom. The van der Waals surface area contributed by atoms with E-state index in [2.05, 4.69) is 4.98 Å². The maximum atomic E-state index is 13.4. The van der Waals surface area contributed by atoms with Crippen LogP contribution in [0, 0.1) is 11.7 Å². The van der Waals surface area contributed by atoms with E-state index in [9.17, 15) is 22.4 Å². The van der Waals surface area contributed by atoms with E-state index >= 15 is 0 Å². The lowest BCUT2D eigenvalue weighted by Gasteiger charge is -2.30. The third-order valence-corrected chi connectivity index (χ3v) is 6.20. The number of aromatic nitrogens is 4. The highest BCUT2D eigenvalue weighted by atomic mass is 19.4. The lowest BCUT2D eigenvalue weighted by molar-refractivity contribution is -0.182. The Bertz CT molecular complexity index is 1140. The fourth-order valence-electron chi connectivity index (χ4n) is 4.40. The molecule has 0 saturated heterocycles. The highest BCUT2D eigenvalue weighted by Crippen LogP contribution is 2.43. The van der Waals surface area contributed by atoms with E-state index in [0.717, 1.165) is 12.8 Å². The number of imidazole rings is 1. The van der Waals surface area contributed by atoms with Crippen molar-refractivity contribution in [3.8, 4) is 5.69 Å². The largest absolute Gasteiger partial charge is 0.391 e. The molecule has 2 fully saturated rings. The molecule has 1 aromatic carbocycles. The molecule has 2 heterocycles. The Balaban J connectivity index is 1.63. The Hall–Kier alpha value is -2.71. The molecule has 5 nitrogen and oxygen atoms in total. The highest BCUT2D eigenvalue weighted by Gasteiger charge is 2.42. The summed E-state index contributed by atoms with van der Waals surface area (Å²) in [6.07, 6.45) is -0.0252. The highest BCUT2D eigenvalue weighted by molar-refractivity contribution is 5.70. The fraction of sp³-hybridized carbons (Fsp3) is 0.476. The number of hydrogen-bond donors (Lipinski definition) is 0. The van der Waals surface area contributed by atoms with Crippen LogP contribution < -0.4 is 5.56 Å². The molecule has 2 aliphatic carbocycles. The van der Waals surface area contributed by atoms with Gasteiger partial charge in [0.25, 0.3) is 5.56 Å². The van der Waals surface area contributed by atoms with E-state index in [4.69, 9.17) is 4.98 Å². The van der Waals surface area contributed by atoms with Gasteiger partial charge in [0.2, 0.25) is 0 Å². The maximum absolute atomic E-state index is 13.4. The summed E-state index contributed by atoms with van der Waals surface area (Å²) in [4.78, 5) is 22.3. The summed E-state index contributed by atoms with van der Waals surface area (Å²) >= 11 is 0. The van der Waals surface area contributed by atoms with Gasteiger partial charge in [0.15, 0.2) is 11.2 Å². The van der Waals surface area contributed by atoms with E-state index in [1.54, 1.807) is 6.33 Å². The summed E-state index contributed by atoms with van der Waals surface area (Å²) in [6, 6.07) is 5.72. The number of halogens is 4. The Morgan fingerprint density at radius 3 is 2.23 bits per heavy atom. The van der Waals surface area contributed by atoms with Crippen LogP contribution in [0.4, 0.5) is 17.6 Å². The molecule has 0 aliphatic heterocycles. The molecule has 0 amide bonds. The second-order valence-electron chi connectivity index (χ2n) is 8.23. The zero-order valence-corrected chi connectivity index (χ0v) is 16.1. The molecule has 0 radical (unpaired) electrons. The van der Waals surface area contributed by atoms with Gasteiger partial charge < -0.3 is 4.57 Å². The third-order valence-electron chi connectivity index (χ3n) is 6.20. The molecule has 158 valence electrons. The van der Waals surface area contributed by atoms with Crippen molar-refractivity contribution in [3.05, 3.63) is 52.6 Å². The topological polar surface area (TPSA) is 52.7 Å². The standard InChI is InChI=1S/C21H20F4N4O/c22-14-5-7-16(8-6-14)29-18(12-1-3-13(4-2-12)21(23,24)25)27-19-17(20(29)30)26-11-28(19)15-9-10-15/h5-8,11-13,15H,1-4,9-10H2/t12-,13+. The van der Waals surface area contributed by atoms with Gasteiger partial charge in [-0.2, -0.15) is 13.2 Å². The molecular weight excluding hydrogens is 400 g/mol. The number of benzene rings is 1. The first kappa shape index (κ1) is 19.3. The first-order valence-electron chi connectivity index (χ1n) is 10.1. The average Bonchev–Trinajstić information content (AvgIpc) is 3.47. The van der Waals surface area contributed by atoms with Crippen molar-refractivity contribution in [2.24, 2.45) is 5.92 Å². The second kappa shape index (κ2) is 6.92. The summed E-state index contributed by atoms with van der Waals surface area (Å²) < 4.78 is 56.1. The molecule has 3 aromatic rings. The van der Waals surface area contributed by atoms with Gasteiger partial charge in [0.1, 0.15) is 11.6 Å². The van der Waals surface area contributed by atoms with Crippen LogP contribution >= 0.6 is 0 Å². The molecule has 5 rings (SSSR count). The Kier molecular flexibility index (Phi) is 4.44. The summed E-state index contributed by atoms with van der Waals surface area (Å²) in [5.74, 6) is -1.61. The predicted molar refractivity (Wildman–Crippen MR) is 102 cm³/mol. The van der Waals surface area contributed by atoms with Gasteiger partial charge in [0.05, 0.1) is 17.9 Å². The van der Waals surface area contributed by atoms with Crippen LogP contribution in [0.25, 0.3) is 16.9 Å². The van der Waals surface area contributed by atoms with E-state index in [1.165, 1.54) is 28.8 Å². The monoisotopic (exact) mass is 420 g/mol. The van der Waals surface area contributed by atoms with Crippen LogP contribution in [0.5, 0.6) is 0 Å². The van der Waals surface area contributed by atoms with Crippen LogP contribution in [0.3, 0.4) is 0 Å². The van der Waals surface area contributed by atoms with Crippen LogP contribution in [0.15, 0.2) is 35.4 Å². The number of hydrogen-bond acceptors (Lipinski definition) is 3. The molecule has 0 unspecified atom stereocenters. The molecule has 0 N–H and O–H groups in total. The van der Waals surface area contributed by atoms with Crippen LogP contribution in [0.2, 0.25) is 0 Å². The van der Waals surface area contributed by atoms with Gasteiger partial charge in [-0.05, 0) is 62.8 Å². The molecule has 0 bridgehead atoms. The number of rotatable bonds is 3. The van der Waals surface area contributed by atoms with Gasteiger partial charge in [-0.1, -0.05) is 0 Å². The SMILES string of the molecule is O=c1c2ncn(C3CC3)c2nc([C@H]2CC[C@@H](C(F)(F)F)CC2)n1-c1ccc(F)cc1. The minimum atomic E-state index is -4.20. The Labute approximate surface area is 169 Å². The molecule has 2 aliphatic rings. The lowest BCUT2D eigenvalue weighted by Crippen LogP contribution is -2.31. The molecule has 30 heavy (non-hydrogen) atoms. The zero-order chi connectivity index (χ0) is 21.0. The van der Waals surface area contributed by atoms with E-state index in [0.29, 0.717) is 30.0 Å². The maximum Gasteiger partial charge on any atom is 0.391 e. The van der Waals surface area contributed by atoms with Crippen molar-refractivity contribution in [1.29, 1.82) is 0 Å². The first-order chi connectivity index (χ1) is 14.3. The number of nitrogens with zero attached hydrogens (tertiary/aromatic N) is 4. The summed E-state index contributed by atoms with van der Waals surface area (Å²) in [7, 11) is 0. The van der Waals surface area contributed by atoms with E-state index in [1.807, 2.05) is 4.57 Å². The van der Waals surface area contributed by atoms with Crippen LogP contribution in [-0.2, 0) is 0 Å². The normalized spacial score (nSPS) is 22.5. The van der Waals surface area contributed by atoms with Crippen LogP contribution in [-0.4, -0.2) is 25.3 Å². The number of fused-ring (bicyclic) bond motifs is 1. The zero-order valence-electron chi connectivity index (χ0n) is 16.1. The minimum absolute atomic E-state index is 0.00732. The van der Waals surface area contributed by atoms with Gasteiger partial charge in [-0.3, -0.25) is 9.36 Å². The molecule has 9 heteroatoms. The van der Waals surface area contributed by atoms with Crippen molar-refractivity contribution in [2.75, 3.05) is 0 Å². The summed E-state index contributed by atoms with van der Waals surface area (Å²) in [5.41, 5.74) is 0.761. The first-order valence-corrected chi connectivity index (χ1v) is 10.1. The van der Waals surface area contributed by atoms with Gasteiger partial charge in [-0.15, -0.1) is 0 Å². The van der Waals surface area contributed by atoms with Crippen molar-refractivity contribution in [1.82, 2.24) is 19.1 Å². The van der Waals surface area contributed by atoms with Gasteiger partial charge >= 0.3 is 6.18 Å². The lowest BCUT2D eigenvalue weighted by atomic mass is 9.81. The quantitative estimate of drug-likeness (QED) is 0.567. The Morgan fingerprint density at radius 1 is 0.967 bits per heavy atom. The summed E-state index contributed by atoms with van der Waals surface area (Å²) in [5, 5.41) is 0. The fourth-order valence-corrected chi connectivity index (χ4v) is 4.40. The second-order valence-corrected chi connectivity index (χ2v) is 8.23. The van der Waals surface area contributed by atoms with Gasteiger partial charge in [-0.25, -0.2) is 14.4 Å². The van der Waals surface area contributed by atoms with Crippen molar-refractivity contribution < 1.29 is 17.6 Å². The van der Waals surface area contributed by atoms with Crippen molar-refractivity contribution in [3.63, 3.8) is 0 Å². The molecule has 0 spiro atoms. The minimum Gasteiger partial charge on any atom is -0.312 e. The average molecular weight is 420 g/mol. The molecule has 2 saturated carbocycles. The third kappa shape index (κ3) is 3.30. The number of alkyl halides is 3. The molecule has 0 atom stereocenters.